The van der Waals surface area contributed by atoms with Crippen LogP contribution in [0.5, 0.6) is 17.2 Å². The summed E-state index contributed by atoms with van der Waals surface area (Å²) in [5.41, 5.74) is 3.39. The molecule has 0 amide bonds. The van der Waals surface area contributed by atoms with Gasteiger partial charge in [-0.1, -0.05) is 92.9 Å². The third-order valence-corrected chi connectivity index (χ3v) is 10.7. The molecule has 0 spiro atoms. The number of ether oxygens (including phenoxy) is 4. The maximum Gasteiger partial charge on any atom is 1.00 e. The van der Waals surface area contributed by atoms with E-state index >= 15 is 0 Å². The first-order valence-corrected chi connectivity index (χ1v) is 18.6. The minimum Gasteiger partial charge on any atom is -1.00 e. The van der Waals surface area contributed by atoms with Gasteiger partial charge < -0.3 is 31.4 Å². The van der Waals surface area contributed by atoms with Crippen LogP contribution in [0.2, 0.25) is 0 Å². The smallest absolute Gasteiger partial charge is 1.00 e. The summed E-state index contributed by atoms with van der Waals surface area (Å²) in [5.74, 6) is 3.53. The number of para-hydroxylation sites is 3. The molecule has 2 radical (unpaired) electrons. The van der Waals surface area contributed by atoms with Gasteiger partial charge in [0.2, 0.25) is 0 Å². The van der Waals surface area contributed by atoms with Crippen LogP contribution in [0, 0.1) is 5.25 Å². The molecule has 46 heavy (non-hydrogen) atoms. The predicted molar refractivity (Wildman–Crippen MR) is 186 cm³/mol. The zero-order valence-electron chi connectivity index (χ0n) is 26.9. The van der Waals surface area contributed by atoms with Crippen molar-refractivity contribution in [2.75, 3.05) is 26.4 Å². The maximum atomic E-state index is 6.48. The van der Waals surface area contributed by atoms with Crippen LogP contribution in [0.1, 0.15) is 53.4 Å². The van der Waals surface area contributed by atoms with Crippen LogP contribution >= 0.6 is 47.0 Å². The summed E-state index contributed by atoms with van der Waals surface area (Å²) in [5, 5.41) is 1.01. The third kappa shape index (κ3) is 9.90. The first-order chi connectivity index (χ1) is 21.7. The van der Waals surface area contributed by atoms with E-state index in [4.69, 9.17) is 18.9 Å². The van der Waals surface area contributed by atoms with Crippen LogP contribution in [0.3, 0.4) is 0 Å². The summed E-state index contributed by atoms with van der Waals surface area (Å²) in [6, 6.07) is 19.1. The van der Waals surface area contributed by atoms with Crippen LogP contribution in [-0.4, -0.2) is 26.4 Å². The molecule has 4 nitrogen and oxygen atoms in total. The van der Waals surface area contributed by atoms with Crippen molar-refractivity contribution in [1.82, 2.24) is 0 Å². The van der Waals surface area contributed by atoms with Gasteiger partial charge in [0.25, 0.3) is 0 Å². The molecule has 0 fully saturated rings. The molecule has 2 aliphatic rings. The molecule has 8 bridgehead atoms. The number of rotatable bonds is 12. The quantitative estimate of drug-likeness (QED) is 0.133. The van der Waals surface area contributed by atoms with E-state index in [1.807, 2.05) is 12.2 Å². The van der Waals surface area contributed by atoms with Crippen molar-refractivity contribution in [2.45, 2.75) is 82.8 Å². The van der Waals surface area contributed by atoms with E-state index in [1.54, 1.807) is 47.0 Å². The van der Waals surface area contributed by atoms with Crippen molar-refractivity contribution in [3.8, 4) is 17.2 Å². The molecular weight excluding hydrogens is 861 g/mol. The Morgan fingerprint density at radius 2 is 0.870 bits per heavy atom. The number of hydrogen-bond acceptors (Lipinski definition) is 8. The number of allylic oxidation sites excluding steroid dienone is 1. The minimum absolute atomic E-state index is 0. The van der Waals surface area contributed by atoms with E-state index in [1.165, 1.54) is 0 Å². The number of hydrogen-bond donors (Lipinski definition) is 0. The third-order valence-electron chi connectivity index (χ3n) is 6.39. The summed E-state index contributed by atoms with van der Waals surface area (Å²) < 4.78 is 25.9. The second kappa shape index (κ2) is 20.3. The second-order valence-electron chi connectivity index (χ2n) is 10.1. The van der Waals surface area contributed by atoms with E-state index in [2.05, 4.69) is 88.0 Å². The molecule has 3 aromatic rings. The largest absolute Gasteiger partial charge is 1.00 e. The number of fused-ring (bicyclic) bond motifs is 7. The van der Waals surface area contributed by atoms with E-state index in [-0.39, 0.29) is 40.1 Å². The average molecular weight is 900 g/mol. The Balaban J connectivity index is 0.00000288. The standard InChI is InChI=1S/C36H39O4S4.ClH.Hg/c1-5-21-37-33-25-13-9-14-26(33)42-28-16-11-18-30(35(28)39-23-7-3)44-32-20-12-19-31(36(32)40-24-8-4)43-29-17-10-15-27(41-25)34(29)38-22-6-2;;/h9-11,13-20H,5-8,21-24H2,1-4H3;1H;/q;;+1/p-1. The topological polar surface area (TPSA) is 36.9 Å². The van der Waals surface area contributed by atoms with Gasteiger partial charge in [0, 0.05) is 0 Å². The average Bonchev–Trinajstić information content (AvgIpc) is 3.03. The van der Waals surface area contributed by atoms with Crippen LogP contribution in [-0.2, 0) is 32.4 Å². The van der Waals surface area contributed by atoms with Gasteiger partial charge in [0.1, 0.15) is 28.3 Å². The molecule has 0 aromatic heterocycles. The molecule has 3 aromatic carbocycles. The second-order valence-corrected chi connectivity index (χ2v) is 14.4. The zero-order chi connectivity index (χ0) is 30.7. The zero-order valence-corrected chi connectivity index (χ0v) is 36.4. The van der Waals surface area contributed by atoms with Gasteiger partial charge in [-0.3, -0.25) is 0 Å². The molecule has 1 heterocycles. The van der Waals surface area contributed by atoms with Gasteiger partial charge in [-0.25, -0.2) is 0 Å². The fourth-order valence-corrected chi connectivity index (χ4v) is 8.86. The Labute approximate surface area is 318 Å². The van der Waals surface area contributed by atoms with Gasteiger partial charge in [-0.15, -0.1) is 5.73 Å². The molecule has 1 aliphatic carbocycles. The Morgan fingerprint density at radius 3 is 1.28 bits per heavy atom. The molecule has 240 valence electrons. The summed E-state index contributed by atoms with van der Waals surface area (Å²) in [6.07, 6.45) is 7.73. The van der Waals surface area contributed by atoms with Crippen LogP contribution < -0.4 is 26.6 Å². The number of benzene rings is 3. The fraction of sp³-hybridized carbons (Fsp3) is 0.333. The van der Waals surface area contributed by atoms with Crippen molar-refractivity contribution >= 4 is 47.0 Å². The molecule has 0 saturated heterocycles. The Bertz CT molecular complexity index is 1540. The van der Waals surface area contributed by atoms with Crippen molar-refractivity contribution in [3.05, 3.63) is 88.4 Å². The summed E-state index contributed by atoms with van der Waals surface area (Å²) in [7, 11) is 0. The minimum atomic E-state index is 0. The molecule has 10 heteroatoms. The summed E-state index contributed by atoms with van der Waals surface area (Å²) in [4.78, 5) is 7.32. The molecule has 0 unspecified atom stereocenters. The first-order valence-electron chi connectivity index (χ1n) is 15.3. The Hall–Kier alpha value is -1.25. The molecule has 5 rings (SSSR count). The predicted octanol–water partition coefficient (Wildman–Crippen LogP) is 8.45. The van der Waals surface area contributed by atoms with E-state index in [0.717, 1.165) is 88.2 Å². The van der Waals surface area contributed by atoms with Gasteiger partial charge in [-0.05, 0) is 74.2 Å². The molecule has 0 atom stereocenters. The number of thioether (sulfide) groups is 2. The van der Waals surface area contributed by atoms with Gasteiger partial charge >= 0.3 is 27.7 Å². The Morgan fingerprint density at radius 1 is 0.500 bits per heavy atom. The monoisotopic (exact) mass is 900 g/mol. The maximum absolute atomic E-state index is 6.48. The normalized spacial score (nSPS) is 13.8. The molecule has 0 saturated carbocycles. The molecular formula is C36H39ClHgO4S4. The summed E-state index contributed by atoms with van der Waals surface area (Å²) in [6.45, 7) is 11.1. The van der Waals surface area contributed by atoms with Crippen LogP contribution in [0.4, 0.5) is 0 Å². The Kier molecular flexibility index (Phi) is 17.3. The number of halogens is 1. The van der Waals surface area contributed by atoms with Gasteiger partial charge in [0.05, 0.1) is 60.7 Å². The van der Waals surface area contributed by atoms with Crippen LogP contribution in [0.25, 0.3) is 0 Å². The molecule has 0 N–H and O–H groups in total. The van der Waals surface area contributed by atoms with E-state index in [0.29, 0.717) is 26.4 Å². The summed E-state index contributed by atoms with van der Waals surface area (Å²) >= 11 is 6.72. The van der Waals surface area contributed by atoms with Crippen molar-refractivity contribution in [2.24, 2.45) is 0 Å². The first kappa shape index (κ1) is 39.2. The fourth-order valence-electron chi connectivity index (χ4n) is 4.43. The van der Waals surface area contributed by atoms with Gasteiger partial charge in [-0.2, -0.15) is 0 Å². The van der Waals surface area contributed by atoms with Gasteiger partial charge in [0.15, 0.2) is 0 Å². The van der Waals surface area contributed by atoms with E-state index in [9.17, 15) is 0 Å². The molecule has 1 aliphatic heterocycles. The van der Waals surface area contributed by atoms with Crippen molar-refractivity contribution in [1.29, 1.82) is 0 Å². The SMILES string of the molecule is CCCOC1=C2C=C=C[C]1Sc1cccc(c1OCCC)Sc1cccc(c1OCCC)Sc1cccc(c1OCCC)S2.[Cl-].[Hg+]. The van der Waals surface area contributed by atoms with Crippen molar-refractivity contribution < 1.29 is 59.0 Å². The van der Waals surface area contributed by atoms with Crippen molar-refractivity contribution in [3.63, 3.8) is 0 Å². The van der Waals surface area contributed by atoms with Crippen LogP contribution in [0.15, 0.2) is 113 Å². The van der Waals surface area contributed by atoms with E-state index < -0.39 is 0 Å².